The molecule has 2 aromatic rings. The Balaban J connectivity index is 2.06. The Kier molecular flexibility index (Phi) is 3.93. The third-order valence-corrected chi connectivity index (χ3v) is 3.48. The van der Waals surface area contributed by atoms with Crippen LogP contribution in [0.3, 0.4) is 0 Å². The molecule has 0 saturated carbocycles. The van der Waals surface area contributed by atoms with Gasteiger partial charge in [-0.05, 0) is 41.0 Å². The van der Waals surface area contributed by atoms with Crippen molar-refractivity contribution in [1.82, 2.24) is 0 Å². The predicted molar refractivity (Wildman–Crippen MR) is 75.5 cm³/mol. The minimum Gasteiger partial charge on any atom is -0.478 e. The quantitative estimate of drug-likeness (QED) is 0.831. The molecule has 0 amide bonds. The lowest BCUT2D eigenvalue weighted by atomic mass is 9.95. The maximum absolute atomic E-state index is 13.1. The van der Waals surface area contributed by atoms with Gasteiger partial charge in [0.2, 0.25) is 0 Å². The Morgan fingerprint density at radius 3 is 2.64 bits per heavy atom. The number of carboxylic acids is 1. The van der Waals surface area contributed by atoms with Gasteiger partial charge in [-0.25, -0.2) is 9.18 Å². The monoisotopic (exact) mass is 302 g/mol. The van der Waals surface area contributed by atoms with E-state index >= 15 is 0 Å². The molecule has 0 spiro atoms. The number of hydrogen-bond donors (Lipinski definition) is 2. The Morgan fingerprint density at radius 1 is 1.23 bits per heavy atom. The molecule has 5 nitrogen and oxygen atoms in total. The number of rotatable bonds is 2. The van der Waals surface area contributed by atoms with Crippen molar-refractivity contribution < 1.29 is 28.6 Å². The fourth-order valence-electron chi connectivity index (χ4n) is 2.41. The normalized spacial score (nSPS) is 17.7. The molecule has 1 aliphatic rings. The average Bonchev–Trinajstić information content (AvgIpc) is 2.67. The highest BCUT2D eigenvalue weighted by atomic mass is 19.1. The lowest BCUT2D eigenvalue weighted by Crippen LogP contribution is -2.22. The average molecular weight is 302 g/mol. The second kappa shape index (κ2) is 5.88. The van der Waals surface area contributed by atoms with Crippen LogP contribution >= 0.6 is 0 Å². The van der Waals surface area contributed by atoms with Gasteiger partial charge < -0.3 is 19.4 Å². The molecule has 7 heteroatoms. The van der Waals surface area contributed by atoms with Crippen LogP contribution in [-0.2, 0) is 15.9 Å². The van der Waals surface area contributed by atoms with Gasteiger partial charge >= 0.3 is 13.3 Å². The molecule has 1 aliphatic heterocycles. The molecule has 22 heavy (non-hydrogen) atoms. The molecular formula is C15H12BFO5. The van der Waals surface area contributed by atoms with Gasteiger partial charge in [0.1, 0.15) is 5.82 Å². The first-order valence-corrected chi connectivity index (χ1v) is 6.61. The first-order valence-electron chi connectivity index (χ1n) is 6.61. The smallest absolute Gasteiger partial charge is 0.478 e. The van der Waals surface area contributed by atoms with Gasteiger partial charge in [0.05, 0.1) is 18.3 Å². The Hall–Kier alpha value is -2.22. The van der Waals surface area contributed by atoms with Crippen molar-refractivity contribution in [2.45, 2.75) is 12.7 Å². The van der Waals surface area contributed by atoms with Crippen molar-refractivity contribution >= 4 is 13.3 Å². The maximum Gasteiger partial charge on any atom is 0.637 e. The zero-order chi connectivity index (χ0) is 15.7. The number of aromatic carboxylic acids is 1. The number of carbonyl (C=O) groups is 1. The molecule has 0 radical (unpaired) electrons. The third-order valence-electron chi connectivity index (χ3n) is 3.48. The van der Waals surface area contributed by atoms with Crippen LogP contribution in [0.2, 0.25) is 0 Å². The zero-order valence-electron chi connectivity index (χ0n) is 11.4. The summed E-state index contributed by atoms with van der Waals surface area (Å²) in [7, 11) is -1.45. The van der Waals surface area contributed by atoms with Gasteiger partial charge in [0.25, 0.3) is 0 Å². The summed E-state index contributed by atoms with van der Waals surface area (Å²) in [6.07, 6.45) is -0.670. The Bertz CT molecular complexity index is 704. The highest BCUT2D eigenvalue weighted by molar-refractivity contribution is 6.34. The van der Waals surface area contributed by atoms with Gasteiger partial charge in [0, 0.05) is 0 Å². The van der Waals surface area contributed by atoms with E-state index < -0.39 is 19.4 Å². The van der Waals surface area contributed by atoms with E-state index in [1.165, 1.54) is 24.3 Å². The lowest BCUT2D eigenvalue weighted by Gasteiger charge is -2.19. The first kappa shape index (κ1) is 14.7. The molecule has 0 saturated heterocycles. The van der Waals surface area contributed by atoms with Crippen LogP contribution in [0.1, 0.15) is 33.2 Å². The molecule has 1 unspecified atom stereocenters. The zero-order valence-corrected chi connectivity index (χ0v) is 11.4. The molecule has 3 rings (SSSR count). The van der Waals surface area contributed by atoms with E-state index in [2.05, 4.69) is 0 Å². The molecule has 0 aromatic heterocycles. The molecule has 112 valence electrons. The lowest BCUT2D eigenvalue weighted by molar-refractivity contribution is 0.0696. The van der Waals surface area contributed by atoms with E-state index in [1.54, 1.807) is 18.2 Å². The number of hydrogen-bond acceptors (Lipinski definition) is 4. The van der Waals surface area contributed by atoms with Crippen LogP contribution in [0.5, 0.6) is 0 Å². The van der Waals surface area contributed by atoms with Crippen molar-refractivity contribution in [1.29, 1.82) is 0 Å². The molecule has 2 N–H and O–H groups in total. The number of carboxylic acid groups (broad SMARTS) is 1. The summed E-state index contributed by atoms with van der Waals surface area (Å²) in [5.74, 6) is -1.43. The van der Waals surface area contributed by atoms with Crippen LogP contribution in [-0.4, -0.2) is 23.4 Å². The first-order chi connectivity index (χ1) is 10.5. The van der Waals surface area contributed by atoms with Crippen LogP contribution < -0.4 is 0 Å². The van der Waals surface area contributed by atoms with Crippen molar-refractivity contribution in [3.05, 3.63) is 70.5 Å². The molecular weight excluding hydrogens is 290 g/mol. The van der Waals surface area contributed by atoms with Crippen molar-refractivity contribution in [3.63, 3.8) is 0 Å². The number of benzene rings is 2. The van der Waals surface area contributed by atoms with E-state index in [9.17, 15) is 14.2 Å². The van der Waals surface area contributed by atoms with Crippen LogP contribution in [0, 0.1) is 5.82 Å². The largest absolute Gasteiger partial charge is 0.637 e. The molecule has 1 heterocycles. The summed E-state index contributed by atoms with van der Waals surface area (Å²) in [4.78, 5) is 11.1. The summed E-state index contributed by atoms with van der Waals surface area (Å²) in [6, 6.07) is 10.2. The standard InChI is InChI=1S/C15H12BFO5/c17-12-4-1-9(2-5-12)14-13-6-3-10(15(18)19)7-11(13)8-21-16(20)22-14/h1-7,14,20H,8H2,(H,18,19). The topological polar surface area (TPSA) is 76.0 Å². The minimum absolute atomic E-state index is 0.0231. The van der Waals surface area contributed by atoms with E-state index in [1.807, 2.05) is 0 Å². The van der Waals surface area contributed by atoms with E-state index in [4.69, 9.17) is 14.4 Å². The summed E-state index contributed by atoms with van der Waals surface area (Å²) in [5, 5.41) is 18.8. The van der Waals surface area contributed by atoms with Gasteiger partial charge in [0.15, 0.2) is 0 Å². The fraction of sp³-hybridized carbons (Fsp3) is 0.133. The van der Waals surface area contributed by atoms with Crippen LogP contribution in [0.15, 0.2) is 42.5 Å². The molecule has 0 fully saturated rings. The summed E-state index contributed by atoms with van der Waals surface area (Å²) >= 11 is 0. The van der Waals surface area contributed by atoms with Gasteiger partial charge in [-0.15, -0.1) is 0 Å². The van der Waals surface area contributed by atoms with Gasteiger partial charge in [-0.2, -0.15) is 0 Å². The van der Waals surface area contributed by atoms with Crippen molar-refractivity contribution in [2.24, 2.45) is 0 Å². The second-order valence-electron chi connectivity index (χ2n) is 4.90. The van der Waals surface area contributed by atoms with E-state index in [0.717, 1.165) is 0 Å². The summed E-state index contributed by atoms with van der Waals surface area (Å²) in [6.45, 7) is 0.0231. The van der Waals surface area contributed by atoms with Crippen LogP contribution in [0.25, 0.3) is 0 Å². The van der Waals surface area contributed by atoms with Crippen LogP contribution in [0.4, 0.5) is 4.39 Å². The molecule has 2 aromatic carbocycles. The predicted octanol–water partition coefficient (Wildman–Crippen LogP) is 2.14. The van der Waals surface area contributed by atoms with Gasteiger partial charge in [-0.1, -0.05) is 18.2 Å². The third kappa shape index (κ3) is 2.87. The molecule has 1 atom stereocenters. The molecule has 0 bridgehead atoms. The number of fused-ring (bicyclic) bond motifs is 1. The summed E-state index contributed by atoms with van der Waals surface area (Å²) < 4.78 is 23.6. The number of halogens is 1. The minimum atomic E-state index is -1.45. The summed E-state index contributed by atoms with van der Waals surface area (Å²) in [5.41, 5.74) is 2.03. The highest BCUT2D eigenvalue weighted by Crippen LogP contribution is 2.32. The molecule has 0 aliphatic carbocycles. The van der Waals surface area contributed by atoms with E-state index in [-0.39, 0.29) is 18.0 Å². The second-order valence-corrected chi connectivity index (χ2v) is 4.90. The Labute approximate surface area is 126 Å². The maximum atomic E-state index is 13.1. The fourth-order valence-corrected chi connectivity index (χ4v) is 2.41. The van der Waals surface area contributed by atoms with Gasteiger partial charge in [-0.3, -0.25) is 0 Å². The SMILES string of the molecule is O=C(O)c1ccc2c(c1)COB(O)OC2c1ccc(F)cc1. The van der Waals surface area contributed by atoms with Crippen molar-refractivity contribution in [3.8, 4) is 0 Å². The highest BCUT2D eigenvalue weighted by Gasteiger charge is 2.30. The van der Waals surface area contributed by atoms with E-state index in [0.29, 0.717) is 16.7 Å². The Morgan fingerprint density at radius 2 is 1.95 bits per heavy atom. The van der Waals surface area contributed by atoms with Crippen molar-refractivity contribution in [2.75, 3.05) is 0 Å².